The summed E-state index contributed by atoms with van der Waals surface area (Å²) >= 11 is 0. The number of aromatic nitrogens is 1. The fourth-order valence-electron chi connectivity index (χ4n) is 3.35. The van der Waals surface area contributed by atoms with Crippen molar-refractivity contribution in [2.45, 2.75) is 33.8 Å². The van der Waals surface area contributed by atoms with Crippen LogP contribution in [-0.2, 0) is 22.6 Å². The molecular weight excluding hydrogens is 348 g/mol. The van der Waals surface area contributed by atoms with E-state index in [0.29, 0.717) is 18.9 Å². The van der Waals surface area contributed by atoms with Crippen LogP contribution in [0.3, 0.4) is 0 Å². The van der Waals surface area contributed by atoms with Gasteiger partial charge in [-0.05, 0) is 37.5 Å². The van der Waals surface area contributed by atoms with Gasteiger partial charge in [0.1, 0.15) is 18.1 Å². The van der Waals surface area contributed by atoms with E-state index in [4.69, 9.17) is 9.26 Å². The van der Waals surface area contributed by atoms with E-state index < -0.39 is 11.9 Å². The first-order valence-corrected chi connectivity index (χ1v) is 8.99. The highest BCUT2D eigenvalue weighted by atomic mass is 16.5. The number of nitrogens with zero attached hydrogens (tertiary/aromatic N) is 2. The van der Waals surface area contributed by atoms with Crippen molar-refractivity contribution in [3.63, 3.8) is 0 Å². The largest absolute Gasteiger partial charge is 0.489 e. The van der Waals surface area contributed by atoms with E-state index in [1.807, 2.05) is 45.0 Å². The molecule has 1 N–H and O–H groups in total. The number of hydrogen-bond donors (Lipinski definition) is 1. The number of benzene rings is 1. The zero-order valence-corrected chi connectivity index (χ0v) is 15.8. The Labute approximate surface area is 157 Å². The van der Waals surface area contributed by atoms with Crippen molar-refractivity contribution < 1.29 is 24.0 Å². The molecule has 2 atom stereocenters. The molecule has 7 nitrogen and oxygen atoms in total. The molecule has 1 aliphatic rings. The van der Waals surface area contributed by atoms with Crippen molar-refractivity contribution in [2.75, 3.05) is 13.1 Å². The standard InChI is InChI=1S/C20H24N2O5/c1-12-9-22(10-17(12)20(24)25)19(23)8-15-4-6-16(7-5-15)26-11-18-13(2)21-27-14(18)3/h4-7,12,17H,8-11H2,1-3H3,(H,24,25)/t12-,17-/m1/s1. The van der Waals surface area contributed by atoms with Gasteiger partial charge in [0, 0.05) is 13.1 Å². The molecule has 1 aromatic carbocycles. The van der Waals surface area contributed by atoms with E-state index >= 15 is 0 Å². The van der Waals surface area contributed by atoms with Crippen molar-refractivity contribution in [1.29, 1.82) is 0 Å². The third-order valence-electron chi connectivity index (χ3n) is 5.13. The van der Waals surface area contributed by atoms with Crippen LogP contribution in [0.2, 0.25) is 0 Å². The third kappa shape index (κ3) is 4.30. The number of carbonyl (C=O) groups excluding carboxylic acids is 1. The second-order valence-electron chi connectivity index (χ2n) is 7.13. The van der Waals surface area contributed by atoms with Crippen LogP contribution in [-0.4, -0.2) is 40.1 Å². The molecule has 0 bridgehead atoms. The lowest BCUT2D eigenvalue weighted by Crippen LogP contribution is -2.31. The Morgan fingerprint density at radius 3 is 2.52 bits per heavy atom. The van der Waals surface area contributed by atoms with Crippen LogP contribution in [0.4, 0.5) is 0 Å². The molecule has 3 rings (SSSR count). The third-order valence-corrected chi connectivity index (χ3v) is 5.13. The number of carbonyl (C=O) groups is 2. The maximum atomic E-state index is 12.5. The summed E-state index contributed by atoms with van der Waals surface area (Å²) in [5, 5.41) is 13.1. The average Bonchev–Trinajstić information content (AvgIpc) is 3.17. The first kappa shape index (κ1) is 18.9. The number of carboxylic acids is 1. The van der Waals surface area contributed by atoms with Crippen molar-refractivity contribution in [2.24, 2.45) is 11.8 Å². The number of ether oxygens (including phenoxy) is 1. The van der Waals surface area contributed by atoms with Crippen molar-refractivity contribution in [3.8, 4) is 5.75 Å². The highest BCUT2D eigenvalue weighted by Gasteiger charge is 2.36. The van der Waals surface area contributed by atoms with Gasteiger partial charge in [0.05, 0.1) is 23.6 Å². The lowest BCUT2D eigenvalue weighted by atomic mass is 9.99. The van der Waals surface area contributed by atoms with E-state index in [0.717, 1.165) is 22.6 Å². The van der Waals surface area contributed by atoms with Crippen LogP contribution < -0.4 is 4.74 Å². The molecule has 1 aromatic heterocycles. The van der Waals surface area contributed by atoms with Crippen LogP contribution in [0.25, 0.3) is 0 Å². The smallest absolute Gasteiger partial charge is 0.308 e. The van der Waals surface area contributed by atoms with Gasteiger partial charge in [-0.3, -0.25) is 9.59 Å². The first-order valence-electron chi connectivity index (χ1n) is 8.99. The number of amides is 1. The number of rotatable bonds is 6. The lowest BCUT2D eigenvalue weighted by Gasteiger charge is -2.16. The van der Waals surface area contributed by atoms with Crippen molar-refractivity contribution in [3.05, 3.63) is 46.8 Å². The maximum Gasteiger partial charge on any atom is 0.308 e. The van der Waals surface area contributed by atoms with Gasteiger partial charge in [-0.15, -0.1) is 0 Å². The molecule has 0 saturated carbocycles. The zero-order chi connectivity index (χ0) is 19.6. The van der Waals surface area contributed by atoms with Gasteiger partial charge in [0.25, 0.3) is 0 Å². The van der Waals surface area contributed by atoms with Crippen LogP contribution >= 0.6 is 0 Å². The summed E-state index contributed by atoms with van der Waals surface area (Å²) < 4.78 is 10.9. The van der Waals surface area contributed by atoms with Crippen molar-refractivity contribution >= 4 is 11.9 Å². The lowest BCUT2D eigenvalue weighted by molar-refractivity contribution is -0.142. The Hall–Kier alpha value is -2.83. The Morgan fingerprint density at radius 1 is 1.26 bits per heavy atom. The summed E-state index contributed by atoms with van der Waals surface area (Å²) in [6, 6.07) is 7.37. The van der Waals surface area contributed by atoms with E-state index in [9.17, 15) is 14.7 Å². The topological polar surface area (TPSA) is 92.9 Å². The number of aryl methyl sites for hydroxylation is 2. The molecule has 0 aliphatic carbocycles. The molecule has 27 heavy (non-hydrogen) atoms. The molecule has 0 unspecified atom stereocenters. The molecule has 1 aliphatic heterocycles. The normalized spacial score (nSPS) is 19.3. The van der Waals surface area contributed by atoms with Gasteiger partial charge in [0.2, 0.25) is 5.91 Å². The van der Waals surface area contributed by atoms with Crippen molar-refractivity contribution in [1.82, 2.24) is 10.1 Å². The molecular formula is C20H24N2O5. The van der Waals surface area contributed by atoms with Crippen LogP contribution in [0.5, 0.6) is 5.75 Å². The number of likely N-dealkylation sites (tertiary alicyclic amines) is 1. The van der Waals surface area contributed by atoms with E-state index in [1.54, 1.807) is 4.90 Å². The number of carboxylic acid groups (broad SMARTS) is 1. The van der Waals surface area contributed by atoms with Gasteiger partial charge in [-0.25, -0.2) is 0 Å². The summed E-state index contributed by atoms with van der Waals surface area (Å²) in [5.41, 5.74) is 2.62. The molecule has 2 heterocycles. The van der Waals surface area contributed by atoms with Crippen LogP contribution in [0, 0.1) is 25.7 Å². The summed E-state index contributed by atoms with van der Waals surface area (Å²) in [5.74, 6) is 0.0642. The summed E-state index contributed by atoms with van der Waals surface area (Å²) in [4.78, 5) is 25.3. The highest BCUT2D eigenvalue weighted by Crippen LogP contribution is 2.24. The molecule has 1 amide bonds. The molecule has 0 radical (unpaired) electrons. The van der Waals surface area contributed by atoms with E-state index in [-0.39, 0.29) is 24.8 Å². The Kier molecular flexibility index (Phi) is 5.48. The summed E-state index contributed by atoms with van der Waals surface area (Å²) in [6.07, 6.45) is 0.253. The monoisotopic (exact) mass is 372 g/mol. The average molecular weight is 372 g/mol. The predicted octanol–water partition coefficient (Wildman–Crippen LogP) is 2.59. The first-order chi connectivity index (χ1) is 12.8. The van der Waals surface area contributed by atoms with Gasteiger partial charge in [-0.2, -0.15) is 0 Å². The fraction of sp³-hybridized carbons (Fsp3) is 0.450. The SMILES string of the molecule is Cc1noc(C)c1COc1ccc(CC(=O)N2C[C@@H](C)[C@H](C(=O)O)C2)cc1. The van der Waals surface area contributed by atoms with Crippen LogP contribution in [0.1, 0.15) is 29.5 Å². The second-order valence-corrected chi connectivity index (χ2v) is 7.13. The Morgan fingerprint density at radius 2 is 1.96 bits per heavy atom. The quantitative estimate of drug-likeness (QED) is 0.838. The second kappa shape index (κ2) is 7.82. The molecule has 1 fully saturated rings. The molecule has 0 spiro atoms. The minimum atomic E-state index is -0.836. The number of aliphatic carboxylic acids is 1. The molecule has 2 aromatic rings. The Balaban J connectivity index is 1.55. The summed E-state index contributed by atoms with van der Waals surface area (Å²) in [6.45, 7) is 6.75. The summed E-state index contributed by atoms with van der Waals surface area (Å²) in [7, 11) is 0. The van der Waals surface area contributed by atoms with E-state index in [1.165, 1.54) is 0 Å². The van der Waals surface area contributed by atoms with E-state index in [2.05, 4.69) is 5.16 Å². The molecule has 144 valence electrons. The Bertz CT molecular complexity index is 808. The number of hydrogen-bond acceptors (Lipinski definition) is 5. The molecule has 1 saturated heterocycles. The predicted molar refractivity (Wildman–Crippen MR) is 97.3 cm³/mol. The highest BCUT2D eigenvalue weighted by molar-refractivity contribution is 5.81. The zero-order valence-electron chi connectivity index (χ0n) is 15.8. The van der Waals surface area contributed by atoms with Gasteiger partial charge in [-0.1, -0.05) is 24.2 Å². The molecule has 7 heteroatoms. The van der Waals surface area contributed by atoms with Crippen LogP contribution in [0.15, 0.2) is 28.8 Å². The van der Waals surface area contributed by atoms with Gasteiger partial charge in [0.15, 0.2) is 0 Å². The van der Waals surface area contributed by atoms with Gasteiger partial charge < -0.3 is 19.3 Å². The maximum absolute atomic E-state index is 12.5. The van der Waals surface area contributed by atoms with Gasteiger partial charge >= 0.3 is 5.97 Å². The minimum Gasteiger partial charge on any atom is -0.489 e. The fourth-order valence-corrected chi connectivity index (χ4v) is 3.35. The minimum absolute atomic E-state index is 0.0217.